The molecule has 0 aliphatic carbocycles. The molecule has 1 fully saturated rings. The van der Waals surface area contributed by atoms with Crippen LogP contribution in [-0.2, 0) is 4.79 Å². The molecule has 1 heterocycles. The van der Waals surface area contributed by atoms with Crippen LogP contribution in [0.2, 0.25) is 0 Å². The van der Waals surface area contributed by atoms with Crippen LogP contribution in [0.1, 0.15) is 19.3 Å². The molecule has 21 heavy (non-hydrogen) atoms. The molecule has 0 aromatic heterocycles. The Hall–Kier alpha value is -1.08. The maximum atomic E-state index is 12.2. The summed E-state index contributed by atoms with van der Waals surface area (Å²) in [6, 6.07) is 5.41. The summed E-state index contributed by atoms with van der Waals surface area (Å²) in [6.45, 7) is 1.29. The van der Waals surface area contributed by atoms with Crippen LogP contribution in [0, 0.1) is 5.92 Å². The van der Waals surface area contributed by atoms with Gasteiger partial charge >= 0.3 is 12.0 Å². The Bertz CT molecular complexity index is 551. The summed E-state index contributed by atoms with van der Waals surface area (Å²) in [7, 11) is 0. The highest BCUT2D eigenvalue weighted by atomic mass is 79.9. The number of rotatable bonds is 4. The van der Waals surface area contributed by atoms with Gasteiger partial charge < -0.3 is 15.3 Å². The largest absolute Gasteiger partial charge is 0.481 e. The number of benzene rings is 1. The number of amides is 2. The molecule has 1 atom stereocenters. The van der Waals surface area contributed by atoms with Crippen molar-refractivity contribution in [1.82, 2.24) is 4.90 Å². The van der Waals surface area contributed by atoms with E-state index in [1.165, 1.54) is 0 Å². The van der Waals surface area contributed by atoms with Crippen molar-refractivity contribution in [3.8, 4) is 0 Å². The van der Waals surface area contributed by atoms with Crippen molar-refractivity contribution in [3.63, 3.8) is 0 Å². The highest BCUT2D eigenvalue weighted by Gasteiger charge is 2.26. The summed E-state index contributed by atoms with van der Waals surface area (Å²) in [5.74, 6) is -0.503. The summed E-state index contributed by atoms with van der Waals surface area (Å²) in [4.78, 5) is 24.5. The van der Waals surface area contributed by atoms with Crippen molar-refractivity contribution in [3.05, 3.63) is 27.1 Å². The number of hydrogen-bond acceptors (Lipinski definition) is 2. The van der Waals surface area contributed by atoms with Gasteiger partial charge in [-0.05, 0) is 52.9 Å². The van der Waals surface area contributed by atoms with E-state index in [0.29, 0.717) is 19.5 Å². The fraction of sp³-hybridized carbons (Fsp3) is 0.429. The third-order valence-corrected chi connectivity index (χ3v) is 4.66. The van der Waals surface area contributed by atoms with Crippen LogP contribution in [-0.4, -0.2) is 35.1 Å². The number of halogens is 2. The highest BCUT2D eigenvalue weighted by molar-refractivity contribution is 9.11. The zero-order valence-corrected chi connectivity index (χ0v) is 14.5. The third kappa shape index (κ3) is 4.71. The number of carboxylic acids is 1. The lowest BCUT2D eigenvalue weighted by molar-refractivity contribution is -0.137. The Kier molecular flexibility index (Phi) is 5.64. The molecule has 1 aromatic carbocycles. The summed E-state index contributed by atoms with van der Waals surface area (Å²) in [6.07, 6.45) is 1.65. The van der Waals surface area contributed by atoms with Crippen LogP contribution in [0.15, 0.2) is 27.1 Å². The molecule has 2 rings (SSSR count). The first kappa shape index (κ1) is 16.3. The Labute approximate surface area is 140 Å². The van der Waals surface area contributed by atoms with E-state index in [0.717, 1.165) is 21.1 Å². The van der Waals surface area contributed by atoms with Gasteiger partial charge in [-0.2, -0.15) is 0 Å². The van der Waals surface area contributed by atoms with E-state index < -0.39 is 5.97 Å². The molecule has 114 valence electrons. The van der Waals surface area contributed by atoms with Crippen molar-refractivity contribution < 1.29 is 14.7 Å². The molecule has 1 aromatic rings. The van der Waals surface area contributed by atoms with Crippen LogP contribution in [0.4, 0.5) is 10.5 Å². The molecular formula is C14H16Br2N2O3. The Morgan fingerprint density at radius 2 is 2.14 bits per heavy atom. The normalized spacial score (nSPS) is 17.8. The van der Waals surface area contributed by atoms with Gasteiger partial charge in [-0.1, -0.05) is 15.9 Å². The van der Waals surface area contributed by atoms with Crippen LogP contribution >= 0.6 is 31.9 Å². The average Bonchev–Trinajstić information content (AvgIpc) is 2.88. The Morgan fingerprint density at radius 3 is 2.81 bits per heavy atom. The van der Waals surface area contributed by atoms with E-state index in [2.05, 4.69) is 37.2 Å². The van der Waals surface area contributed by atoms with Gasteiger partial charge in [-0.15, -0.1) is 0 Å². The number of anilines is 1. The molecule has 2 amide bonds. The van der Waals surface area contributed by atoms with Crippen molar-refractivity contribution in [1.29, 1.82) is 0 Å². The van der Waals surface area contributed by atoms with Gasteiger partial charge in [-0.3, -0.25) is 4.79 Å². The van der Waals surface area contributed by atoms with Crippen molar-refractivity contribution in [2.75, 3.05) is 18.4 Å². The maximum absolute atomic E-state index is 12.2. The number of nitrogens with one attached hydrogen (secondary N) is 1. The van der Waals surface area contributed by atoms with Crippen LogP contribution in [0.25, 0.3) is 0 Å². The van der Waals surface area contributed by atoms with E-state index in [1.54, 1.807) is 4.90 Å². The molecular weight excluding hydrogens is 404 g/mol. The average molecular weight is 420 g/mol. The summed E-state index contributed by atoms with van der Waals surface area (Å²) >= 11 is 6.77. The lowest BCUT2D eigenvalue weighted by Gasteiger charge is -2.18. The van der Waals surface area contributed by atoms with Gasteiger partial charge in [0.25, 0.3) is 0 Å². The van der Waals surface area contributed by atoms with Gasteiger partial charge in [-0.25, -0.2) is 4.79 Å². The van der Waals surface area contributed by atoms with E-state index in [-0.39, 0.29) is 18.4 Å². The fourth-order valence-electron chi connectivity index (χ4n) is 2.37. The number of nitrogens with zero attached hydrogens (tertiary/aromatic N) is 1. The zero-order chi connectivity index (χ0) is 15.4. The zero-order valence-electron chi connectivity index (χ0n) is 11.3. The lowest BCUT2D eigenvalue weighted by Crippen LogP contribution is -2.33. The van der Waals surface area contributed by atoms with Crippen molar-refractivity contribution in [2.45, 2.75) is 19.3 Å². The quantitative estimate of drug-likeness (QED) is 0.776. The summed E-state index contributed by atoms with van der Waals surface area (Å²) in [5.41, 5.74) is 0.720. The molecule has 7 heteroatoms. The smallest absolute Gasteiger partial charge is 0.321 e. The van der Waals surface area contributed by atoms with Gasteiger partial charge in [0.15, 0.2) is 0 Å². The Balaban J connectivity index is 1.88. The van der Waals surface area contributed by atoms with Gasteiger partial charge in [0.2, 0.25) is 0 Å². The van der Waals surface area contributed by atoms with Crippen LogP contribution in [0.3, 0.4) is 0 Å². The molecule has 1 unspecified atom stereocenters. The van der Waals surface area contributed by atoms with E-state index in [9.17, 15) is 9.59 Å². The Morgan fingerprint density at radius 1 is 1.38 bits per heavy atom. The number of likely N-dealkylation sites (tertiary alicyclic amines) is 1. The molecule has 1 aliphatic rings. The van der Waals surface area contributed by atoms with E-state index in [4.69, 9.17) is 5.11 Å². The number of carbonyl (C=O) groups excluding carboxylic acids is 1. The number of aliphatic carboxylic acids is 1. The van der Waals surface area contributed by atoms with Gasteiger partial charge in [0.05, 0.1) is 5.69 Å². The molecule has 5 nitrogen and oxygen atoms in total. The standard InChI is InChI=1S/C14H16Br2N2O3/c15-10-2-3-12(11(16)7-10)17-14(21)18-6-5-9(8-18)1-4-13(19)20/h2-3,7,9H,1,4-6,8H2,(H,17,21)(H,19,20). The number of carboxylic acid groups (broad SMARTS) is 1. The lowest BCUT2D eigenvalue weighted by atomic mass is 10.0. The molecule has 1 saturated heterocycles. The topological polar surface area (TPSA) is 69.6 Å². The van der Waals surface area contributed by atoms with Crippen molar-refractivity contribution in [2.24, 2.45) is 5.92 Å². The molecule has 0 radical (unpaired) electrons. The predicted octanol–water partition coefficient (Wildman–Crippen LogP) is 3.93. The summed E-state index contributed by atoms with van der Waals surface area (Å²) in [5, 5.41) is 11.6. The van der Waals surface area contributed by atoms with Crippen LogP contribution < -0.4 is 5.32 Å². The van der Waals surface area contributed by atoms with Crippen molar-refractivity contribution >= 4 is 49.5 Å². The first-order chi connectivity index (χ1) is 9.95. The fourth-order valence-corrected chi connectivity index (χ4v) is 3.51. The SMILES string of the molecule is O=C(O)CCC1CCN(C(=O)Nc2ccc(Br)cc2Br)C1. The maximum Gasteiger partial charge on any atom is 0.321 e. The molecule has 0 spiro atoms. The highest BCUT2D eigenvalue weighted by Crippen LogP contribution is 2.27. The van der Waals surface area contributed by atoms with Gasteiger partial charge in [0.1, 0.15) is 0 Å². The minimum absolute atomic E-state index is 0.143. The minimum atomic E-state index is -0.781. The number of urea groups is 1. The van der Waals surface area contributed by atoms with Crippen LogP contribution in [0.5, 0.6) is 0 Å². The third-order valence-electron chi connectivity index (χ3n) is 3.51. The predicted molar refractivity (Wildman–Crippen MR) is 87.4 cm³/mol. The van der Waals surface area contributed by atoms with E-state index in [1.807, 2.05) is 18.2 Å². The first-order valence-corrected chi connectivity index (χ1v) is 8.27. The monoisotopic (exact) mass is 418 g/mol. The summed E-state index contributed by atoms with van der Waals surface area (Å²) < 4.78 is 1.74. The van der Waals surface area contributed by atoms with Gasteiger partial charge in [0, 0.05) is 28.5 Å². The molecule has 2 N–H and O–H groups in total. The molecule has 1 aliphatic heterocycles. The number of hydrogen-bond donors (Lipinski definition) is 2. The first-order valence-electron chi connectivity index (χ1n) is 6.68. The molecule has 0 bridgehead atoms. The minimum Gasteiger partial charge on any atom is -0.481 e. The second kappa shape index (κ2) is 7.26. The number of carbonyl (C=O) groups is 2. The second-order valence-electron chi connectivity index (χ2n) is 5.09. The van der Waals surface area contributed by atoms with E-state index >= 15 is 0 Å². The second-order valence-corrected chi connectivity index (χ2v) is 6.86. The molecule has 0 saturated carbocycles.